The lowest BCUT2D eigenvalue weighted by atomic mass is 10.0. The van der Waals surface area contributed by atoms with Crippen molar-refractivity contribution in [3.8, 4) is 0 Å². The molecular formula is C14H23N. The molecule has 1 nitrogen and oxygen atoms in total. The SMILES string of the molecule is CCC(C)C(C)Nc1cc(C)cc(C)c1. The summed E-state index contributed by atoms with van der Waals surface area (Å²) < 4.78 is 0. The second-order valence-corrected chi connectivity index (χ2v) is 4.69. The van der Waals surface area contributed by atoms with E-state index in [0.717, 1.165) is 0 Å². The predicted molar refractivity (Wildman–Crippen MR) is 68.5 cm³/mol. The number of benzene rings is 1. The first-order valence-electron chi connectivity index (χ1n) is 5.87. The second-order valence-electron chi connectivity index (χ2n) is 4.69. The third-order valence-electron chi connectivity index (χ3n) is 3.11. The fraction of sp³-hybridized carbons (Fsp3) is 0.571. The van der Waals surface area contributed by atoms with E-state index >= 15 is 0 Å². The van der Waals surface area contributed by atoms with E-state index in [2.05, 4.69) is 58.1 Å². The van der Waals surface area contributed by atoms with Crippen LogP contribution in [-0.4, -0.2) is 6.04 Å². The molecule has 0 radical (unpaired) electrons. The molecule has 84 valence electrons. The highest BCUT2D eigenvalue weighted by Gasteiger charge is 2.09. The minimum atomic E-state index is 0.538. The van der Waals surface area contributed by atoms with Gasteiger partial charge in [0.05, 0.1) is 0 Å². The molecule has 1 rings (SSSR count). The Bertz CT molecular complexity index is 297. The summed E-state index contributed by atoms with van der Waals surface area (Å²) >= 11 is 0. The Labute approximate surface area is 93.9 Å². The quantitative estimate of drug-likeness (QED) is 0.778. The van der Waals surface area contributed by atoms with Gasteiger partial charge in [0.15, 0.2) is 0 Å². The Kier molecular flexibility index (Phi) is 4.19. The minimum Gasteiger partial charge on any atom is -0.382 e. The smallest absolute Gasteiger partial charge is 0.0347 e. The Morgan fingerprint density at radius 2 is 1.60 bits per heavy atom. The van der Waals surface area contributed by atoms with Crippen molar-refractivity contribution in [3.63, 3.8) is 0 Å². The van der Waals surface area contributed by atoms with E-state index in [0.29, 0.717) is 12.0 Å². The Hall–Kier alpha value is -0.980. The minimum absolute atomic E-state index is 0.538. The maximum absolute atomic E-state index is 3.57. The predicted octanol–water partition coefficient (Wildman–Crippen LogP) is 4.15. The van der Waals surface area contributed by atoms with Crippen molar-refractivity contribution in [1.82, 2.24) is 0 Å². The average Bonchev–Trinajstić information content (AvgIpc) is 2.14. The van der Waals surface area contributed by atoms with Crippen molar-refractivity contribution in [2.75, 3.05) is 5.32 Å². The van der Waals surface area contributed by atoms with Crippen LogP contribution < -0.4 is 5.32 Å². The van der Waals surface area contributed by atoms with Crippen LogP contribution in [-0.2, 0) is 0 Å². The van der Waals surface area contributed by atoms with Gasteiger partial charge in [-0.2, -0.15) is 0 Å². The highest BCUT2D eigenvalue weighted by atomic mass is 14.9. The molecule has 0 aliphatic rings. The molecule has 2 unspecified atom stereocenters. The van der Waals surface area contributed by atoms with Gasteiger partial charge in [0.25, 0.3) is 0 Å². The van der Waals surface area contributed by atoms with Crippen molar-refractivity contribution < 1.29 is 0 Å². The molecule has 0 aliphatic carbocycles. The van der Waals surface area contributed by atoms with E-state index in [1.54, 1.807) is 0 Å². The van der Waals surface area contributed by atoms with Crippen LogP contribution in [0.4, 0.5) is 5.69 Å². The molecule has 1 aromatic carbocycles. The van der Waals surface area contributed by atoms with Gasteiger partial charge in [-0.3, -0.25) is 0 Å². The summed E-state index contributed by atoms with van der Waals surface area (Å²) in [5, 5.41) is 3.57. The second kappa shape index (κ2) is 5.20. The zero-order valence-corrected chi connectivity index (χ0v) is 10.6. The first-order chi connectivity index (χ1) is 7.02. The molecule has 0 fully saturated rings. The number of hydrogen-bond donors (Lipinski definition) is 1. The first kappa shape index (κ1) is 12.1. The lowest BCUT2D eigenvalue weighted by Crippen LogP contribution is -2.23. The van der Waals surface area contributed by atoms with Crippen LogP contribution in [0.1, 0.15) is 38.3 Å². The zero-order chi connectivity index (χ0) is 11.4. The molecule has 0 amide bonds. The molecule has 1 N–H and O–H groups in total. The van der Waals surface area contributed by atoms with Crippen LogP contribution in [0.2, 0.25) is 0 Å². The van der Waals surface area contributed by atoms with Gasteiger partial charge in [-0.15, -0.1) is 0 Å². The van der Waals surface area contributed by atoms with Crippen LogP contribution in [0.5, 0.6) is 0 Å². The maximum atomic E-state index is 3.57. The average molecular weight is 205 g/mol. The van der Waals surface area contributed by atoms with Crippen LogP contribution in [0.15, 0.2) is 18.2 Å². The molecule has 1 heteroatoms. The Morgan fingerprint density at radius 3 is 2.07 bits per heavy atom. The molecule has 0 saturated carbocycles. The van der Waals surface area contributed by atoms with Gasteiger partial charge in [-0.05, 0) is 49.9 Å². The van der Waals surface area contributed by atoms with Crippen LogP contribution >= 0.6 is 0 Å². The summed E-state index contributed by atoms with van der Waals surface area (Å²) in [5.74, 6) is 0.714. The summed E-state index contributed by atoms with van der Waals surface area (Å²) in [4.78, 5) is 0. The maximum Gasteiger partial charge on any atom is 0.0347 e. The third kappa shape index (κ3) is 3.58. The van der Waals surface area contributed by atoms with Gasteiger partial charge < -0.3 is 5.32 Å². The van der Waals surface area contributed by atoms with Crippen LogP contribution in [0.25, 0.3) is 0 Å². The molecule has 1 aromatic rings. The molecule has 0 bridgehead atoms. The molecule has 0 aromatic heterocycles. The van der Waals surface area contributed by atoms with Gasteiger partial charge in [-0.1, -0.05) is 26.3 Å². The number of hydrogen-bond acceptors (Lipinski definition) is 1. The van der Waals surface area contributed by atoms with E-state index in [1.165, 1.54) is 23.2 Å². The van der Waals surface area contributed by atoms with Crippen molar-refractivity contribution >= 4 is 5.69 Å². The Balaban J connectivity index is 2.72. The fourth-order valence-corrected chi connectivity index (χ4v) is 1.82. The van der Waals surface area contributed by atoms with Gasteiger partial charge in [0.2, 0.25) is 0 Å². The largest absolute Gasteiger partial charge is 0.382 e. The highest BCUT2D eigenvalue weighted by molar-refractivity contribution is 5.49. The van der Waals surface area contributed by atoms with Gasteiger partial charge in [-0.25, -0.2) is 0 Å². The normalized spacial score (nSPS) is 14.7. The van der Waals surface area contributed by atoms with Gasteiger partial charge >= 0.3 is 0 Å². The van der Waals surface area contributed by atoms with Crippen molar-refractivity contribution in [2.24, 2.45) is 5.92 Å². The summed E-state index contributed by atoms with van der Waals surface area (Å²) in [6.07, 6.45) is 1.22. The van der Waals surface area contributed by atoms with Crippen LogP contribution in [0.3, 0.4) is 0 Å². The molecule has 0 saturated heterocycles. The van der Waals surface area contributed by atoms with E-state index in [1.807, 2.05) is 0 Å². The van der Waals surface area contributed by atoms with Crippen molar-refractivity contribution in [2.45, 2.75) is 47.1 Å². The number of anilines is 1. The van der Waals surface area contributed by atoms with Crippen LogP contribution in [0, 0.1) is 19.8 Å². The summed E-state index contributed by atoms with van der Waals surface area (Å²) in [5.41, 5.74) is 3.91. The molecule has 0 heterocycles. The Morgan fingerprint density at radius 1 is 1.07 bits per heavy atom. The van der Waals surface area contributed by atoms with E-state index in [9.17, 15) is 0 Å². The molecule has 15 heavy (non-hydrogen) atoms. The van der Waals surface area contributed by atoms with E-state index < -0.39 is 0 Å². The number of nitrogens with one attached hydrogen (secondary N) is 1. The molecule has 0 spiro atoms. The monoisotopic (exact) mass is 205 g/mol. The topological polar surface area (TPSA) is 12.0 Å². The summed E-state index contributed by atoms with van der Waals surface area (Å²) in [6.45, 7) is 11.1. The zero-order valence-electron chi connectivity index (χ0n) is 10.6. The summed E-state index contributed by atoms with van der Waals surface area (Å²) in [7, 11) is 0. The molecule has 0 aliphatic heterocycles. The summed E-state index contributed by atoms with van der Waals surface area (Å²) in [6, 6.07) is 7.17. The number of aryl methyl sites for hydroxylation is 2. The van der Waals surface area contributed by atoms with E-state index in [4.69, 9.17) is 0 Å². The van der Waals surface area contributed by atoms with E-state index in [-0.39, 0.29) is 0 Å². The lowest BCUT2D eigenvalue weighted by molar-refractivity contribution is 0.494. The van der Waals surface area contributed by atoms with Crippen molar-refractivity contribution in [3.05, 3.63) is 29.3 Å². The standard InChI is InChI=1S/C14H23N/c1-6-12(4)13(5)15-14-8-10(2)7-11(3)9-14/h7-9,12-13,15H,6H2,1-5H3. The third-order valence-corrected chi connectivity index (χ3v) is 3.11. The van der Waals surface area contributed by atoms with Gasteiger partial charge in [0, 0.05) is 11.7 Å². The first-order valence-corrected chi connectivity index (χ1v) is 5.87. The lowest BCUT2D eigenvalue weighted by Gasteiger charge is -2.21. The molecule has 2 atom stereocenters. The molecular weight excluding hydrogens is 182 g/mol. The van der Waals surface area contributed by atoms with Gasteiger partial charge in [0.1, 0.15) is 0 Å². The van der Waals surface area contributed by atoms with Crippen molar-refractivity contribution in [1.29, 1.82) is 0 Å². The fourth-order valence-electron chi connectivity index (χ4n) is 1.82. The highest BCUT2D eigenvalue weighted by Crippen LogP contribution is 2.18. The number of rotatable bonds is 4.